The number of aromatic hydroxyl groups is 1. The van der Waals surface area contributed by atoms with Gasteiger partial charge >= 0.3 is 6.09 Å². The summed E-state index contributed by atoms with van der Waals surface area (Å²) < 4.78 is 19.5. The number of carbonyl (C=O) groups is 1. The van der Waals surface area contributed by atoms with Crippen molar-refractivity contribution in [1.29, 1.82) is 0 Å². The molecule has 1 aliphatic rings. The third-order valence-electron chi connectivity index (χ3n) is 5.48. The van der Waals surface area contributed by atoms with Crippen molar-refractivity contribution in [3.05, 3.63) is 77.6 Å². The zero-order valence-corrected chi connectivity index (χ0v) is 15.8. The van der Waals surface area contributed by atoms with Gasteiger partial charge in [0.2, 0.25) is 0 Å². The molecule has 4 rings (SSSR count). The Morgan fingerprint density at radius 3 is 2.55 bits per heavy atom. The van der Waals surface area contributed by atoms with E-state index in [0.29, 0.717) is 19.6 Å². The average molecular weight is 395 g/mol. The normalized spacial score (nSPS) is 19.4. The lowest BCUT2D eigenvalue weighted by Crippen LogP contribution is -2.46. The van der Waals surface area contributed by atoms with Gasteiger partial charge in [-0.3, -0.25) is 0 Å². The maximum absolute atomic E-state index is 13.3. The smallest absolute Gasteiger partial charge is 0.407 e. The maximum atomic E-state index is 13.3. The van der Waals surface area contributed by atoms with Crippen LogP contribution in [0.1, 0.15) is 23.5 Å². The Kier molecular flexibility index (Phi) is 5.36. The molecular formula is C23H22FNO4. The Morgan fingerprint density at radius 2 is 1.79 bits per heavy atom. The molecule has 0 spiro atoms. The molecule has 150 valence electrons. The van der Waals surface area contributed by atoms with Crippen molar-refractivity contribution in [1.82, 2.24) is 4.90 Å². The van der Waals surface area contributed by atoms with Crippen molar-refractivity contribution >= 4 is 16.9 Å². The maximum Gasteiger partial charge on any atom is 0.407 e. The van der Waals surface area contributed by atoms with Gasteiger partial charge in [0.25, 0.3) is 0 Å². The monoisotopic (exact) mass is 395 g/mol. The third-order valence-corrected chi connectivity index (χ3v) is 5.48. The standard InChI is InChI=1S/C23H22FNO4/c24-19-6-3-16(4-7-19)21-9-10-25(23(27)28)13-22(21)29-14-15-1-2-18-12-20(26)8-5-17(18)11-15/h1-8,11-12,21-22,26H,9-10,13-14H2,(H,27,28). The minimum Gasteiger partial charge on any atom is -0.508 e. The van der Waals surface area contributed by atoms with Crippen molar-refractivity contribution in [3.63, 3.8) is 0 Å². The van der Waals surface area contributed by atoms with Crippen molar-refractivity contribution in [2.45, 2.75) is 25.0 Å². The fourth-order valence-electron chi connectivity index (χ4n) is 3.93. The van der Waals surface area contributed by atoms with Gasteiger partial charge in [0, 0.05) is 12.5 Å². The number of benzene rings is 3. The van der Waals surface area contributed by atoms with E-state index in [-0.39, 0.29) is 30.1 Å². The molecule has 0 bridgehead atoms. The van der Waals surface area contributed by atoms with Crippen LogP contribution in [0.15, 0.2) is 60.7 Å². The van der Waals surface area contributed by atoms with Gasteiger partial charge in [-0.1, -0.05) is 30.3 Å². The number of phenols is 1. The molecule has 1 aliphatic heterocycles. The SMILES string of the molecule is O=C(O)N1CCC(c2ccc(F)cc2)C(OCc2ccc3cc(O)ccc3c2)C1. The van der Waals surface area contributed by atoms with E-state index in [0.717, 1.165) is 21.9 Å². The zero-order chi connectivity index (χ0) is 20.4. The van der Waals surface area contributed by atoms with Gasteiger partial charge < -0.3 is 19.8 Å². The average Bonchev–Trinajstić information content (AvgIpc) is 2.72. The number of nitrogens with zero attached hydrogens (tertiary/aromatic N) is 1. The summed E-state index contributed by atoms with van der Waals surface area (Å²) in [4.78, 5) is 12.8. The second-order valence-corrected chi connectivity index (χ2v) is 7.39. The quantitative estimate of drug-likeness (QED) is 0.670. The van der Waals surface area contributed by atoms with Crippen molar-refractivity contribution < 1.29 is 24.1 Å². The van der Waals surface area contributed by atoms with Crippen LogP contribution >= 0.6 is 0 Å². The number of ether oxygens (including phenoxy) is 1. The number of likely N-dealkylation sites (tertiary alicyclic amines) is 1. The Hall–Kier alpha value is -3.12. The van der Waals surface area contributed by atoms with E-state index in [1.165, 1.54) is 17.0 Å². The van der Waals surface area contributed by atoms with E-state index < -0.39 is 6.09 Å². The molecule has 5 nitrogen and oxygen atoms in total. The van der Waals surface area contributed by atoms with Gasteiger partial charge in [0.05, 0.1) is 19.3 Å². The molecule has 3 aromatic carbocycles. The summed E-state index contributed by atoms with van der Waals surface area (Å²) in [6, 6.07) is 17.4. The third kappa shape index (κ3) is 4.32. The van der Waals surface area contributed by atoms with Gasteiger partial charge in [-0.2, -0.15) is 0 Å². The van der Waals surface area contributed by atoms with Crippen LogP contribution in [0.2, 0.25) is 0 Å². The summed E-state index contributed by atoms with van der Waals surface area (Å²) in [6.07, 6.45) is -0.651. The summed E-state index contributed by atoms with van der Waals surface area (Å²) in [7, 11) is 0. The van der Waals surface area contributed by atoms with Crippen LogP contribution in [0.5, 0.6) is 5.75 Å². The highest BCUT2D eigenvalue weighted by Gasteiger charge is 2.33. The van der Waals surface area contributed by atoms with E-state index in [2.05, 4.69) is 0 Å². The summed E-state index contributed by atoms with van der Waals surface area (Å²) in [6.45, 7) is 1.04. The van der Waals surface area contributed by atoms with Gasteiger partial charge in [-0.15, -0.1) is 0 Å². The Balaban J connectivity index is 1.53. The Morgan fingerprint density at radius 1 is 1.07 bits per heavy atom. The van der Waals surface area contributed by atoms with Crippen LogP contribution in [-0.4, -0.2) is 40.4 Å². The zero-order valence-electron chi connectivity index (χ0n) is 15.8. The molecule has 0 saturated carbocycles. The first-order valence-electron chi connectivity index (χ1n) is 9.56. The van der Waals surface area contributed by atoms with Crippen LogP contribution in [0.3, 0.4) is 0 Å². The number of rotatable bonds is 4. The molecule has 2 unspecified atom stereocenters. The topological polar surface area (TPSA) is 70.0 Å². The Bertz CT molecular complexity index is 1020. The second kappa shape index (κ2) is 8.09. The van der Waals surface area contributed by atoms with Gasteiger partial charge in [0.15, 0.2) is 0 Å². The molecule has 1 fully saturated rings. The van der Waals surface area contributed by atoms with E-state index in [4.69, 9.17) is 4.74 Å². The number of amides is 1. The first kappa shape index (κ1) is 19.2. The number of piperidine rings is 1. The van der Waals surface area contributed by atoms with Crippen molar-refractivity contribution in [2.75, 3.05) is 13.1 Å². The molecule has 29 heavy (non-hydrogen) atoms. The van der Waals surface area contributed by atoms with Gasteiger partial charge in [-0.05, 0) is 58.7 Å². The second-order valence-electron chi connectivity index (χ2n) is 7.39. The fraction of sp³-hybridized carbons (Fsp3) is 0.261. The van der Waals surface area contributed by atoms with Crippen LogP contribution in [0.25, 0.3) is 10.8 Å². The number of fused-ring (bicyclic) bond motifs is 1. The summed E-state index contributed by atoms with van der Waals surface area (Å²) in [5, 5.41) is 20.9. The van der Waals surface area contributed by atoms with Crippen LogP contribution in [0, 0.1) is 5.82 Å². The number of phenolic OH excluding ortho intramolecular Hbond substituents is 1. The molecule has 0 aliphatic carbocycles. The lowest BCUT2D eigenvalue weighted by Gasteiger charge is -2.37. The first-order chi connectivity index (χ1) is 14.0. The van der Waals surface area contributed by atoms with Crippen molar-refractivity contribution in [2.24, 2.45) is 0 Å². The molecule has 1 saturated heterocycles. The van der Waals surface area contributed by atoms with Gasteiger partial charge in [-0.25, -0.2) is 9.18 Å². The molecule has 6 heteroatoms. The highest BCUT2D eigenvalue weighted by atomic mass is 19.1. The van der Waals surface area contributed by atoms with E-state index in [9.17, 15) is 19.4 Å². The van der Waals surface area contributed by atoms with Crippen molar-refractivity contribution in [3.8, 4) is 5.75 Å². The molecule has 2 atom stereocenters. The van der Waals surface area contributed by atoms with E-state index >= 15 is 0 Å². The van der Waals surface area contributed by atoms with Gasteiger partial charge in [0.1, 0.15) is 11.6 Å². The lowest BCUT2D eigenvalue weighted by atomic mass is 9.87. The largest absolute Gasteiger partial charge is 0.508 e. The molecule has 0 aromatic heterocycles. The molecule has 2 N–H and O–H groups in total. The summed E-state index contributed by atoms with van der Waals surface area (Å²) in [5.74, 6) is -0.0698. The molecule has 1 heterocycles. The fourth-order valence-corrected chi connectivity index (χ4v) is 3.93. The highest BCUT2D eigenvalue weighted by Crippen LogP contribution is 2.31. The minimum absolute atomic E-state index is 0.00334. The molecule has 1 amide bonds. The predicted octanol–water partition coefficient (Wildman–Crippen LogP) is 4.74. The molecular weight excluding hydrogens is 373 g/mol. The Labute approximate surface area is 168 Å². The van der Waals surface area contributed by atoms with E-state index in [1.807, 2.05) is 24.3 Å². The number of hydrogen-bond donors (Lipinski definition) is 2. The number of carboxylic acid groups (broad SMARTS) is 1. The highest BCUT2D eigenvalue weighted by molar-refractivity contribution is 5.84. The summed E-state index contributed by atoms with van der Waals surface area (Å²) >= 11 is 0. The first-order valence-corrected chi connectivity index (χ1v) is 9.56. The lowest BCUT2D eigenvalue weighted by molar-refractivity contribution is -0.0199. The summed E-state index contributed by atoms with van der Waals surface area (Å²) in [5.41, 5.74) is 1.92. The van der Waals surface area contributed by atoms with Crippen LogP contribution in [-0.2, 0) is 11.3 Å². The van der Waals surface area contributed by atoms with Crippen LogP contribution in [0.4, 0.5) is 9.18 Å². The molecule has 0 radical (unpaired) electrons. The minimum atomic E-state index is -0.957. The number of halogens is 1. The number of hydrogen-bond acceptors (Lipinski definition) is 3. The molecule has 3 aromatic rings. The van der Waals surface area contributed by atoms with E-state index in [1.54, 1.807) is 24.3 Å². The van der Waals surface area contributed by atoms with Crippen LogP contribution < -0.4 is 0 Å². The predicted molar refractivity (Wildman–Crippen MR) is 108 cm³/mol.